The lowest BCUT2D eigenvalue weighted by Gasteiger charge is -2.21. The molecule has 0 unspecified atom stereocenters. The minimum absolute atomic E-state index is 0.0157. The monoisotopic (exact) mass is 319 g/mol. The molecule has 0 radical (unpaired) electrons. The second kappa shape index (κ2) is 7.55. The molecule has 0 N–H and O–H groups in total. The number of benzene rings is 1. The highest BCUT2D eigenvalue weighted by atomic mass is 16.6. The molecule has 1 aromatic carbocycles. The van der Waals surface area contributed by atoms with Crippen molar-refractivity contribution in [3.8, 4) is 0 Å². The predicted molar refractivity (Wildman–Crippen MR) is 89.6 cm³/mol. The molecule has 1 saturated heterocycles. The zero-order valence-electron chi connectivity index (χ0n) is 14.1. The van der Waals surface area contributed by atoms with Crippen LogP contribution in [0.1, 0.15) is 35.7 Å². The molecule has 1 heterocycles. The summed E-state index contributed by atoms with van der Waals surface area (Å²) < 4.78 is 0. The smallest absolute Gasteiger partial charge is 0.269 e. The number of nitrogens with zero attached hydrogens (tertiary/aromatic N) is 3. The number of aryl methyl sites for hydroxylation is 1. The minimum Gasteiger partial charge on any atom is -0.338 e. The van der Waals surface area contributed by atoms with Gasteiger partial charge in [0.1, 0.15) is 0 Å². The zero-order valence-corrected chi connectivity index (χ0v) is 14.1. The molecule has 1 aliphatic heterocycles. The van der Waals surface area contributed by atoms with Gasteiger partial charge in [0.05, 0.1) is 4.92 Å². The van der Waals surface area contributed by atoms with Gasteiger partial charge in [0, 0.05) is 37.3 Å². The topological polar surface area (TPSA) is 66.7 Å². The van der Waals surface area contributed by atoms with E-state index in [0.717, 1.165) is 39.0 Å². The average Bonchev–Trinajstić information content (AvgIpc) is 2.95. The summed E-state index contributed by atoms with van der Waals surface area (Å²) in [4.78, 5) is 27.2. The normalized spacial score (nSPS) is 17.7. The van der Waals surface area contributed by atoms with Crippen LogP contribution in [-0.2, 0) is 0 Å². The Balaban J connectivity index is 2.00. The lowest BCUT2D eigenvalue weighted by Crippen LogP contribution is -2.32. The molecule has 1 fully saturated rings. The van der Waals surface area contributed by atoms with Gasteiger partial charge in [-0.05, 0) is 50.9 Å². The maximum absolute atomic E-state index is 12.6. The van der Waals surface area contributed by atoms with Crippen LogP contribution < -0.4 is 0 Å². The number of carbonyl (C=O) groups excluding carboxylic acids is 1. The number of likely N-dealkylation sites (tertiary alicyclic amines) is 1. The minimum atomic E-state index is -0.434. The maximum Gasteiger partial charge on any atom is 0.269 e. The Labute approximate surface area is 137 Å². The van der Waals surface area contributed by atoms with Crippen LogP contribution in [0.25, 0.3) is 0 Å². The van der Waals surface area contributed by atoms with Crippen LogP contribution in [0, 0.1) is 23.0 Å². The third kappa shape index (κ3) is 4.28. The van der Waals surface area contributed by atoms with E-state index in [-0.39, 0.29) is 11.6 Å². The number of hydrogen-bond acceptors (Lipinski definition) is 4. The van der Waals surface area contributed by atoms with Gasteiger partial charge >= 0.3 is 0 Å². The van der Waals surface area contributed by atoms with Gasteiger partial charge in [0.2, 0.25) is 0 Å². The predicted octanol–water partition coefficient (Wildman–Crippen LogP) is 2.71. The van der Waals surface area contributed by atoms with Gasteiger partial charge in [-0.3, -0.25) is 14.9 Å². The molecule has 1 aliphatic rings. The van der Waals surface area contributed by atoms with Crippen molar-refractivity contribution in [2.24, 2.45) is 5.92 Å². The van der Waals surface area contributed by atoms with Gasteiger partial charge in [-0.25, -0.2) is 0 Å². The second-order valence-electron chi connectivity index (χ2n) is 6.42. The molecule has 23 heavy (non-hydrogen) atoms. The summed E-state index contributed by atoms with van der Waals surface area (Å²) in [6.45, 7) is 7.53. The Bertz CT molecular complexity index is 588. The van der Waals surface area contributed by atoms with Crippen LogP contribution in [-0.4, -0.2) is 53.9 Å². The number of non-ortho nitro benzene ring substituents is 1. The van der Waals surface area contributed by atoms with E-state index in [1.807, 2.05) is 4.90 Å². The first kappa shape index (κ1) is 17.4. The van der Waals surface area contributed by atoms with Crippen LogP contribution in [0.15, 0.2) is 18.2 Å². The van der Waals surface area contributed by atoms with Crippen molar-refractivity contribution in [3.63, 3.8) is 0 Å². The van der Waals surface area contributed by atoms with Crippen LogP contribution in [0.5, 0.6) is 0 Å². The first-order valence-electron chi connectivity index (χ1n) is 8.15. The number of rotatable bonds is 6. The van der Waals surface area contributed by atoms with Crippen molar-refractivity contribution in [2.75, 3.05) is 33.2 Å². The summed E-state index contributed by atoms with van der Waals surface area (Å²) in [5, 5.41) is 10.8. The van der Waals surface area contributed by atoms with E-state index in [4.69, 9.17) is 0 Å². The van der Waals surface area contributed by atoms with Gasteiger partial charge in [-0.1, -0.05) is 6.92 Å². The molecule has 0 saturated carbocycles. The van der Waals surface area contributed by atoms with Gasteiger partial charge in [0.25, 0.3) is 11.6 Å². The van der Waals surface area contributed by atoms with E-state index in [0.29, 0.717) is 17.0 Å². The summed E-state index contributed by atoms with van der Waals surface area (Å²) in [7, 11) is 2.12. The van der Waals surface area contributed by atoms with E-state index >= 15 is 0 Å². The summed E-state index contributed by atoms with van der Waals surface area (Å²) in [5.41, 5.74) is 1.26. The third-order valence-corrected chi connectivity index (χ3v) is 4.40. The summed E-state index contributed by atoms with van der Waals surface area (Å²) in [5.74, 6) is 0.492. The van der Waals surface area contributed by atoms with Crippen molar-refractivity contribution >= 4 is 11.6 Å². The molecule has 126 valence electrons. The SMILES string of the molecule is CCCN(C)C[C@H]1CCN(C(=O)c2ccc([N+](=O)[O-])cc2C)C1. The fraction of sp³-hybridized carbons (Fsp3) is 0.588. The first-order valence-corrected chi connectivity index (χ1v) is 8.15. The van der Waals surface area contributed by atoms with E-state index in [1.54, 1.807) is 13.0 Å². The van der Waals surface area contributed by atoms with Crippen molar-refractivity contribution in [1.82, 2.24) is 9.80 Å². The Kier molecular flexibility index (Phi) is 5.71. The van der Waals surface area contributed by atoms with Crippen LogP contribution in [0.4, 0.5) is 5.69 Å². The summed E-state index contributed by atoms with van der Waals surface area (Å²) >= 11 is 0. The Morgan fingerprint density at radius 2 is 2.22 bits per heavy atom. The van der Waals surface area contributed by atoms with E-state index < -0.39 is 4.92 Å². The van der Waals surface area contributed by atoms with Crippen LogP contribution in [0.2, 0.25) is 0 Å². The molecule has 6 nitrogen and oxygen atoms in total. The van der Waals surface area contributed by atoms with Gasteiger partial charge in [-0.2, -0.15) is 0 Å². The summed E-state index contributed by atoms with van der Waals surface area (Å²) in [6.07, 6.45) is 2.15. The molecule has 0 spiro atoms. The number of amides is 1. The molecule has 0 aromatic heterocycles. The quantitative estimate of drug-likeness (QED) is 0.597. The molecule has 0 aliphatic carbocycles. The maximum atomic E-state index is 12.6. The van der Waals surface area contributed by atoms with E-state index in [1.165, 1.54) is 12.1 Å². The molecule has 0 bridgehead atoms. The largest absolute Gasteiger partial charge is 0.338 e. The van der Waals surface area contributed by atoms with Crippen molar-refractivity contribution in [2.45, 2.75) is 26.7 Å². The Hall–Kier alpha value is -1.95. The summed E-state index contributed by atoms with van der Waals surface area (Å²) in [6, 6.07) is 4.45. The number of hydrogen-bond donors (Lipinski definition) is 0. The zero-order chi connectivity index (χ0) is 17.0. The first-order chi connectivity index (χ1) is 10.9. The van der Waals surface area contributed by atoms with Crippen molar-refractivity contribution in [3.05, 3.63) is 39.4 Å². The standard InChI is InChI=1S/C17H25N3O3/c1-4-8-18(3)11-14-7-9-19(12-14)17(21)16-6-5-15(20(22)23)10-13(16)2/h5-6,10,14H,4,7-9,11-12H2,1-3H3/t14-/m1/s1. The molecule has 6 heteroatoms. The Morgan fingerprint density at radius 3 is 2.83 bits per heavy atom. The highest BCUT2D eigenvalue weighted by Crippen LogP contribution is 2.23. The van der Waals surface area contributed by atoms with E-state index in [2.05, 4.69) is 18.9 Å². The lowest BCUT2D eigenvalue weighted by atomic mass is 10.1. The van der Waals surface area contributed by atoms with Crippen LogP contribution >= 0.6 is 0 Å². The van der Waals surface area contributed by atoms with Gasteiger partial charge in [-0.15, -0.1) is 0 Å². The van der Waals surface area contributed by atoms with Crippen molar-refractivity contribution < 1.29 is 9.72 Å². The second-order valence-corrected chi connectivity index (χ2v) is 6.42. The fourth-order valence-electron chi connectivity index (χ4n) is 3.25. The molecule has 1 amide bonds. The molecule has 1 aromatic rings. The van der Waals surface area contributed by atoms with E-state index in [9.17, 15) is 14.9 Å². The third-order valence-electron chi connectivity index (χ3n) is 4.40. The van der Waals surface area contributed by atoms with Gasteiger partial charge in [0.15, 0.2) is 0 Å². The lowest BCUT2D eigenvalue weighted by molar-refractivity contribution is -0.384. The van der Waals surface area contributed by atoms with Gasteiger partial charge < -0.3 is 9.80 Å². The van der Waals surface area contributed by atoms with Crippen molar-refractivity contribution in [1.29, 1.82) is 0 Å². The average molecular weight is 319 g/mol. The highest BCUT2D eigenvalue weighted by molar-refractivity contribution is 5.96. The molecular weight excluding hydrogens is 294 g/mol. The molecule has 2 rings (SSSR count). The number of nitro benzene ring substituents is 1. The number of carbonyl (C=O) groups is 1. The molecule has 1 atom stereocenters. The van der Waals surface area contributed by atoms with Crippen LogP contribution in [0.3, 0.4) is 0 Å². The molecular formula is C17H25N3O3. The highest BCUT2D eigenvalue weighted by Gasteiger charge is 2.28. The Morgan fingerprint density at radius 1 is 1.48 bits per heavy atom. The number of nitro groups is 1. The fourth-order valence-corrected chi connectivity index (χ4v) is 3.25.